The molecule has 1 fully saturated rings. The first-order chi connectivity index (χ1) is 16.5. The van der Waals surface area contributed by atoms with Crippen molar-refractivity contribution in [1.82, 2.24) is 15.1 Å². The van der Waals surface area contributed by atoms with Crippen molar-refractivity contribution in [2.45, 2.75) is 26.1 Å². The van der Waals surface area contributed by atoms with E-state index in [9.17, 15) is 22.8 Å². The quantitative estimate of drug-likeness (QED) is 0.504. The van der Waals surface area contributed by atoms with E-state index in [1.54, 1.807) is 29.2 Å². The van der Waals surface area contributed by atoms with E-state index in [1.165, 1.54) is 13.0 Å². The molecule has 1 aliphatic heterocycles. The summed E-state index contributed by atoms with van der Waals surface area (Å²) in [5.41, 5.74) is 13.9. The molecule has 186 valence electrons. The normalized spacial score (nSPS) is 15.3. The van der Waals surface area contributed by atoms with Gasteiger partial charge in [-0.15, -0.1) is 0 Å². The van der Waals surface area contributed by atoms with Crippen LogP contribution in [-0.2, 0) is 4.79 Å². The number of H-pyrrole nitrogens is 1. The highest BCUT2D eigenvalue weighted by atomic mass is 19.4. The Balaban J connectivity index is 1.76. The van der Waals surface area contributed by atoms with Gasteiger partial charge in [0.05, 0.1) is 22.2 Å². The minimum absolute atomic E-state index is 0.0176. The molecule has 9 nitrogen and oxygen atoms in total. The Labute approximate surface area is 198 Å². The Morgan fingerprint density at radius 1 is 1.11 bits per heavy atom. The van der Waals surface area contributed by atoms with Gasteiger partial charge < -0.3 is 26.0 Å². The maximum atomic E-state index is 13.2. The summed E-state index contributed by atoms with van der Waals surface area (Å²) in [5.74, 6) is -0.685. The van der Waals surface area contributed by atoms with Crippen LogP contribution in [0.2, 0.25) is 0 Å². The number of hydrogen-bond donors (Lipinski definition) is 3. The van der Waals surface area contributed by atoms with Gasteiger partial charge in [0.15, 0.2) is 11.9 Å². The Morgan fingerprint density at radius 3 is 2.40 bits per heavy atom. The summed E-state index contributed by atoms with van der Waals surface area (Å²) in [7, 11) is 0. The van der Waals surface area contributed by atoms with Crippen LogP contribution < -0.4 is 21.1 Å². The van der Waals surface area contributed by atoms with Crippen molar-refractivity contribution in [1.29, 1.82) is 0 Å². The van der Waals surface area contributed by atoms with Crippen molar-refractivity contribution in [2.75, 3.05) is 36.8 Å². The lowest BCUT2D eigenvalue weighted by atomic mass is 9.99. The molecule has 35 heavy (non-hydrogen) atoms. The molecule has 0 saturated carbocycles. The number of fused-ring (bicyclic) bond motifs is 1. The molecule has 1 aliphatic rings. The predicted octanol–water partition coefficient (Wildman–Crippen LogP) is 2.91. The second-order valence-corrected chi connectivity index (χ2v) is 8.40. The Kier molecular flexibility index (Phi) is 6.22. The van der Waals surface area contributed by atoms with E-state index in [4.69, 9.17) is 16.2 Å². The molecule has 0 spiro atoms. The maximum Gasteiger partial charge on any atom is 0.425 e. The third-order valence-electron chi connectivity index (χ3n) is 6.08. The minimum Gasteiger partial charge on any atom is -0.480 e. The average molecular weight is 490 g/mol. The van der Waals surface area contributed by atoms with E-state index >= 15 is 0 Å². The first-order valence-corrected chi connectivity index (χ1v) is 10.9. The highest BCUT2D eigenvalue weighted by Gasteiger charge is 2.38. The topological polar surface area (TPSA) is 131 Å². The van der Waals surface area contributed by atoms with Crippen LogP contribution in [0.25, 0.3) is 22.0 Å². The summed E-state index contributed by atoms with van der Waals surface area (Å²) in [6, 6.07) is 8.15. The largest absolute Gasteiger partial charge is 0.480 e. The standard InChI is InChI=1S/C23H25F3N6O3/c1-12(23(24,25)26)35-19-11-15(9-17-20(19)21(27)30-29-17)14-3-4-16(22(28)34)18(10-14)32-7-5-31(6-8-32)13(2)33/h3-4,9-12H,5-8H2,1-2H3,(H2,28,34)(H3,27,29,30). The number of primary amides is 1. The molecule has 1 aromatic heterocycles. The van der Waals surface area contributed by atoms with Crippen LogP contribution >= 0.6 is 0 Å². The van der Waals surface area contributed by atoms with Crippen molar-refractivity contribution in [3.8, 4) is 16.9 Å². The number of aromatic nitrogens is 2. The first-order valence-electron chi connectivity index (χ1n) is 10.9. The van der Waals surface area contributed by atoms with E-state index in [2.05, 4.69) is 10.2 Å². The summed E-state index contributed by atoms with van der Waals surface area (Å²) in [6.45, 7) is 4.39. The molecule has 1 unspecified atom stereocenters. The summed E-state index contributed by atoms with van der Waals surface area (Å²) < 4.78 is 44.8. The lowest BCUT2D eigenvalue weighted by molar-refractivity contribution is -0.188. The third-order valence-corrected chi connectivity index (χ3v) is 6.08. The van der Waals surface area contributed by atoms with Gasteiger partial charge in [0.25, 0.3) is 5.91 Å². The fourth-order valence-electron chi connectivity index (χ4n) is 4.10. The maximum absolute atomic E-state index is 13.2. The number of nitrogens with two attached hydrogens (primary N) is 2. The molecule has 0 aliphatic carbocycles. The van der Waals surface area contributed by atoms with E-state index in [1.807, 2.05) is 4.90 Å². The van der Waals surface area contributed by atoms with Gasteiger partial charge >= 0.3 is 6.18 Å². The number of benzene rings is 2. The molecule has 0 radical (unpaired) electrons. The molecule has 1 saturated heterocycles. The minimum atomic E-state index is -4.57. The highest BCUT2D eigenvalue weighted by molar-refractivity contribution is 6.01. The van der Waals surface area contributed by atoms with Crippen molar-refractivity contribution in [2.24, 2.45) is 5.73 Å². The average Bonchev–Trinajstić information content (AvgIpc) is 3.19. The third kappa shape index (κ3) is 4.81. The summed E-state index contributed by atoms with van der Waals surface area (Å²) >= 11 is 0. The van der Waals surface area contributed by atoms with Crippen LogP contribution in [-0.4, -0.2) is 65.4 Å². The molecule has 12 heteroatoms. The Bertz CT molecular complexity index is 1280. The summed E-state index contributed by atoms with van der Waals surface area (Å²) in [6.07, 6.45) is -6.64. The number of hydrogen-bond acceptors (Lipinski definition) is 6. The van der Waals surface area contributed by atoms with Gasteiger partial charge in [0.1, 0.15) is 5.75 Å². The van der Waals surface area contributed by atoms with Crippen LogP contribution in [0.1, 0.15) is 24.2 Å². The Morgan fingerprint density at radius 2 is 1.80 bits per heavy atom. The molecule has 2 heterocycles. The number of carbonyl (C=O) groups excluding carboxylic acids is 2. The molecule has 4 rings (SSSR count). The van der Waals surface area contributed by atoms with Gasteiger partial charge in [-0.05, 0) is 42.3 Å². The number of alkyl halides is 3. The first kappa shape index (κ1) is 24.2. The van der Waals surface area contributed by atoms with Crippen LogP contribution in [0.5, 0.6) is 5.75 Å². The highest BCUT2D eigenvalue weighted by Crippen LogP contribution is 2.38. The monoisotopic (exact) mass is 490 g/mol. The van der Waals surface area contributed by atoms with Crippen molar-refractivity contribution in [3.05, 3.63) is 35.9 Å². The number of carbonyl (C=O) groups is 2. The number of nitrogens with zero attached hydrogens (tertiary/aromatic N) is 3. The number of piperazine rings is 1. The van der Waals surface area contributed by atoms with E-state index < -0.39 is 18.2 Å². The molecule has 5 N–H and O–H groups in total. The SMILES string of the molecule is CC(=O)N1CCN(c2cc(-c3cc(OC(C)C(F)(F)F)c4c(N)n[nH]c4c3)ccc2C(N)=O)CC1. The number of ether oxygens (including phenoxy) is 1. The fourth-order valence-corrected chi connectivity index (χ4v) is 4.10. The van der Waals surface area contributed by atoms with E-state index in [0.29, 0.717) is 54.1 Å². The van der Waals surface area contributed by atoms with Crippen molar-refractivity contribution in [3.63, 3.8) is 0 Å². The molecule has 2 amide bonds. The zero-order chi connectivity index (χ0) is 25.5. The van der Waals surface area contributed by atoms with Crippen LogP contribution in [0.4, 0.5) is 24.7 Å². The molecular weight excluding hydrogens is 465 g/mol. The lowest BCUT2D eigenvalue weighted by Gasteiger charge is -2.36. The summed E-state index contributed by atoms with van der Waals surface area (Å²) in [4.78, 5) is 27.5. The number of rotatable bonds is 5. The van der Waals surface area contributed by atoms with E-state index in [0.717, 1.165) is 6.92 Å². The number of nitrogen functional groups attached to an aromatic ring is 1. The zero-order valence-electron chi connectivity index (χ0n) is 19.1. The fraction of sp³-hybridized carbons (Fsp3) is 0.348. The van der Waals surface area contributed by atoms with Crippen molar-refractivity contribution < 1.29 is 27.5 Å². The number of nitrogens with one attached hydrogen (secondary N) is 1. The van der Waals surface area contributed by atoms with Crippen molar-refractivity contribution >= 4 is 34.2 Å². The summed E-state index contributed by atoms with van der Waals surface area (Å²) in [5, 5.41) is 6.86. The number of amides is 2. The van der Waals surface area contributed by atoms with Gasteiger partial charge in [-0.25, -0.2) is 0 Å². The lowest BCUT2D eigenvalue weighted by Crippen LogP contribution is -2.48. The van der Waals surface area contributed by atoms with Gasteiger partial charge in [-0.1, -0.05) is 6.07 Å². The zero-order valence-corrected chi connectivity index (χ0v) is 19.1. The number of aromatic amines is 1. The van der Waals surface area contributed by atoms with Gasteiger partial charge in [0, 0.05) is 33.1 Å². The van der Waals surface area contributed by atoms with Gasteiger partial charge in [-0.3, -0.25) is 14.7 Å². The molecule has 1 atom stereocenters. The van der Waals surface area contributed by atoms with Crippen LogP contribution in [0.3, 0.4) is 0 Å². The number of anilines is 2. The van der Waals surface area contributed by atoms with Crippen LogP contribution in [0, 0.1) is 0 Å². The predicted molar refractivity (Wildman–Crippen MR) is 125 cm³/mol. The molecule has 0 bridgehead atoms. The molecular formula is C23H25F3N6O3. The van der Waals surface area contributed by atoms with Gasteiger partial charge in [-0.2, -0.15) is 18.3 Å². The molecule has 3 aromatic rings. The number of halogens is 3. The van der Waals surface area contributed by atoms with Gasteiger partial charge in [0.2, 0.25) is 5.91 Å². The smallest absolute Gasteiger partial charge is 0.425 e. The van der Waals surface area contributed by atoms with Crippen LogP contribution in [0.15, 0.2) is 30.3 Å². The molecule has 2 aromatic carbocycles. The second-order valence-electron chi connectivity index (χ2n) is 8.40. The second kappa shape index (κ2) is 9.01. The van der Waals surface area contributed by atoms with E-state index in [-0.39, 0.29) is 22.9 Å². The Hall–Kier alpha value is -3.96.